The van der Waals surface area contributed by atoms with Gasteiger partial charge in [0.25, 0.3) is 0 Å². The van der Waals surface area contributed by atoms with Crippen LogP contribution < -0.4 is 5.73 Å². The van der Waals surface area contributed by atoms with Crippen LogP contribution in [0.5, 0.6) is 0 Å². The number of hydrogen-bond acceptors (Lipinski definition) is 3. The number of hydrogen-bond donors (Lipinski definition) is 1. The quantitative estimate of drug-likeness (QED) is 0.845. The Kier molecular flexibility index (Phi) is 8.03. The van der Waals surface area contributed by atoms with Crippen molar-refractivity contribution < 1.29 is 9.90 Å². The summed E-state index contributed by atoms with van der Waals surface area (Å²) in [6.45, 7) is 5.96. The lowest BCUT2D eigenvalue weighted by atomic mass is 10.0. The zero-order valence-electron chi connectivity index (χ0n) is 11.7. The van der Waals surface area contributed by atoms with E-state index in [1.54, 1.807) is 6.07 Å². The summed E-state index contributed by atoms with van der Waals surface area (Å²) in [4.78, 5) is 9.71. The molecule has 0 amide bonds. The van der Waals surface area contributed by atoms with Crippen LogP contribution >= 0.6 is 0 Å². The van der Waals surface area contributed by atoms with Crippen LogP contribution in [0.1, 0.15) is 32.8 Å². The van der Waals surface area contributed by atoms with E-state index >= 15 is 0 Å². The normalized spacial score (nSPS) is 11.1. The monoisotopic (exact) mass is 261 g/mol. The molecule has 103 valence electrons. The Morgan fingerprint density at radius 3 is 2.37 bits per heavy atom. The van der Waals surface area contributed by atoms with E-state index < -0.39 is 11.9 Å². The van der Waals surface area contributed by atoms with E-state index in [0.29, 0.717) is 5.92 Å². The zero-order chi connectivity index (χ0) is 14.8. The van der Waals surface area contributed by atoms with E-state index in [0.717, 1.165) is 12.1 Å². The number of nitrogens with two attached hydrogens (primary N) is 1. The average molecular weight is 261 g/mol. The van der Waals surface area contributed by atoms with Crippen molar-refractivity contribution in [3.8, 4) is 6.07 Å². The summed E-state index contributed by atoms with van der Waals surface area (Å²) in [5.41, 5.74) is 7.83. The van der Waals surface area contributed by atoms with E-state index in [-0.39, 0.29) is 6.42 Å². The van der Waals surface area contributed by atoms with E-state index in [9.17, 15) is 9.90 Å². The molecule has 2 N–H and O–H groups in total. The predicted molar refractivity (Wildman–Crippen MR) is 74.5 cm³/mol. The Morgan fingerprint density at radius 1 is 1.37 bits per heavy atom. The van der Waals surface area contributed by atoms with Crippen LogP contribution in [0.2, 0.25) is 0 Å². The summed E-state index contributed by atoms with van der Waals surface area (Å²) in [5.74, 6) is -0.893. The number of anilines is 1. The molecule has 1 radical (unpaired) electrons. The smallest absolute Gasteiger partial charge is 0.356 e. The van der Waals surface area contributed by atoms with Crippen molar-refractivity contribution in [2.45, 2.75) is 33.6 Å². The van der Waals surface area contributed by atoms with Crippen molar-refractivity contribution in [2.24, 2.45) is 11.8 Å². The lowest BCUT2D eigenvalue weighted by Gasteiger charge is -2.04. The first-order valence-electron chi connectivity index (χ1n) is 6.29. The van der Waals surface area contributed by atoms with Crippen LogP contribution in [0.3, 0.4) is 0 Å². The van der Waals surface area contributed by atoms with E-state index in [4.69, 9.17) is 11.0 Å². The Labute approximate surface area is 114 Å². The molecule has 1 aromatic carbocycles. The summed E-state index contributed by atoms with van der Waals surface area (Å²) in [6.07, 6.45) is 0.946. The Bertz CT molecular complexity index is 436. The summed E-state index contributed by atoms with van der Waals surface area (Å²) in [6, 6.07) is 9.87. The number of nitrogen functional groups attached to an aromatic ring is 1. The van der Waals surface area contributed by atoms with Crippen molar-refractivity contribution in [1.82, 2.24) is 0 Å². The molecule has 0 saturated carbocycles. The van der Waals surface area contributed by atoms with Gasteiger partial charge in [0.2, 0.25) is 0 Å². The Balaban J connectivity index is 0.000000362. The molecule has 0 aliphatic heterocycles. The number of nitriles is 1. The third-order valence-electron chi connectivity index (χ3n) is 2.29. The maximum atomic E-state index is 9.71. The first-order chi connectivity index (χ1) is 8.85. The largest absolute Gasteiger partial charge is 0.399 e. The fourth-order valence-corrected chi connectivity index (χ4v) is 1.49. The van der Waals surface area contributed by atoms with Crippen molar-refractivity contribution in [3.63, 3.8) is 0 Å². The first kappa shape index (κ1) is 17.0. The second kappa shape index (κ2) is 8.98. The predicted octanol–water partition coefficient (Wildman–Crippen LogP) is 2.96. The molecule has 1 rings (SSSR count). The minimum atomic E-state index is -1.17. The van der Waals surface area contributed by atoms with Gasteiger partial charge in [0.1, 0.15) is 0 Å². The molecular weight excluding hydrogens is 240 g/mol. The Morgan fingerprint density at radius 2 is 2.00 bits per heavy atom. The van der Waals surface area contributed by atoms with Crippen LogP contribution in [-0.4, -0.2) is 5.97 Å². The molecule has 0 aromatic heterocycles. The van der Waals surface area contributed by atoms with Crippen molar-refractivity contribution in [1.29, 1.82) is 5.26 Å². The topological polar surface area (TPSA) is 86.8 Å². The molecule has 0 aliphatic carbocycles. The number of nitrogens with zero attached hydrogens (tertiary/aromatic N) is 1. The van der Waals surface area contributed by atoms with Crippen molar-refractivity contribution in [2.75, 3.05) is 5.73 Å². The highest BCUT2D eigenvalue weighted by Crippen LogP contribution is 2.10. The van der Waals surface area contributed by atoms with Gasteiger partial charge in [0.15, 0.2) is 0 Å². The van der Waals surface area contributed by atoms with E-state index in [2.05, 4.69) is 19.9 Å². The van der Waals surface area contributed by atoms with Gasteiger partial charge in [0.05, 0.1) is 18.4 Å². The third kappa shape index (κ3) is 9.66. The third-order valence-corrected chi connectivity index (χ3v) is 2.29. The van der Waals surface area contributed by atoms with E-state index in [1.165, 1.54) is 12.5 Å². The van der Waals surface area contributed by atoms with Crippen LogP contribution in [0.25, 0.3) is 0 Å². The molecule has 19 heavy (non-hydrogen) atoms. The highest BCUT2D eigenvalue weighted by molar-refractivity contribution is 5.66. The van der Waals surface area contributed by atoms with Gasteiger partial charge >= 0.3 is 5.97 Å². The van der Waals surface area contributed by atoms with Crippen LogP contribution in [0, 0.1) is 23.2 Å². The molecule has 1 unspecified atom stereocenters. The number of carbonyl (C=O) groups is 1. The second-order valence-electron chi connectivity index (χ2n) is 4.95. The molecule has 1 aromatic rings. The Hall–Kier alpha value is -2.02. The SMILES string of the molecule is CC(C#N)CC([O])=O.CC(C)Cc1cccc(N)c1. The van der Waals surface area contributed by atoms with Gasteiger partial charge in [-0.2, -0.15) is 5.26 Å². The second-order valence-corrected chi connectivity index (χ2v) is 4.95. The summed E-state index contributed by atoms with van der Waals surface area (Å²) >= 11 is 0. The molecule has 0 spiro atoms. The van der Waals surface area contributed by atoms with E-state index in [1.807, 2.05) is 18.2 Å². The highest BCUT2D eigenvalue weighted by Gasteiger charge is 2.05. The van der Waals surface area contributed by atoms with Gasteiger partial charge in [-0.25, -0.2) is 9.90 Å². The van der Waals surface area contributed by atoms with Gasteiger partial charge in [0, 0.05) is 5.69 Å². The minimum Gasteiger partial charge on any atom is -0.399 e. The van der Waals surface area contributed by atoms with Gasteiger partial charge < -0.3 is 5.73 Å². The molecule has 0 aliphatic rings. The average Bonchev–Trinajstić information content (AvgIpc) is 2.28. The molecule has 0 saturated heterocycles. The van der Waals surface area contributed by atoms with Gasteiger partial charge in [-0.15, -0.1) is 0 Å². The maximum absolute atomic E-state index is 9.71. The van der Waals surface area contributed by atoms with Crippen molar-refractivity contribution in [3.05, 3.63) is 29.8 Å². The minimum absolute atomic E-state index is 0.170. The molecule has 1 atom stereocenters. The van der Waals surface area contributed by atoms with Gasteiger partial charge in [-0.1, -0.05) is 26.0 Å². The highest BCUT2D eigenvalue weighted by atomic mass is 16.4. The van der Waals surface area contributed by atoms with Crippen LogP contribution in [0.4, 0.5) is 5.69 Å². The lowest BCUT2D eigenvalue weighted by molar-refractivity contribution is -0.143. The number of rotatable bonds is 4. The molecule has 4 nitrogen and oxygen atoms in total. The first-order valence-corrected chi connectivity index (χ1v) is 6.29. The number of benzene rings is 1. The molecule has 0 fully saturated rings. The summed E-state index contributed by atoms with van der Waals surface area (Å²) in [7, 11) is 0. The molecule has 4 heteroatoms. The molecule has 0 heterocycles. The van der Waals surface area contributed by atoms with Crippen LogP contribution in [0.15, 0.2) is 24.3 Å². The molecule has 0 bridgehead atoms. The van der Waals surface area contributed by atoms with Crippen molar-refractivity contribution >= 4 is 11.7 Å². The fourth-order valence-electron chi connectivity index (χ4n) is 1.49. The zero-order valence-corrected chi connectivity index (χ0v) is 11.7. The van der Waals surface area contributed by atoms with Gasteiger partial charge in [-0.05, 0) is 37.0 Å². The van der Waals surface area contributed by atoms with Gasteiger partial charge in [-0.3, -0.25) is 0 Å². The molecular formula is C15H21N2O2. The summed E-state index contributed by atoms with van der Waals surface area (Å²) < 4.78 is 0. The fraction of sp³-hybridized carbons (Fsp3) is 0.467. The summed E-state index contributed by atoms with van der Waals surface area (Å²) in [5, 5.41) is 17.7. The maximum Gasteiger partial charge on any atom is 0.356 e. The standard InChI is InChI=1S/C10H15N.C5H6NO2/c1-8(2)6-9-4-3-5-10(11)7-9;1-4(3-6)2-5(7)8/h3-5,7-8H,6,11H2,1-2H3;4H,2H2,1H3. The van der Waals surface area contributed by atoms with Crippen LogP contribution in [-0.2, 0) is 16.3 Å². The number of carbonyl (C=O) groups excluding carboxylic acids is 1. The lowest BCUT2D eigenvalue weighted by Crippen LogP contribution is -1.99.